The minimum absolute atomic E-state index is 0.359. The third-order valence-corrected chi connectivity index (χ3v) is 3.39. The first kappa shape index (κ1) is 15.8. The van der Waals surface area contributed by atoms with E-state index in [4.69, 9.17) is 23.2 Å². The summed E-state index contributed by atoms with van der Waals surface area (Å²) in [5.41, 5.74) is 1.25. The topological polar surface area (TPSA) is 53.4 Å². The van der Waals surface area contributed by atoms with Crippen molar-refractivity contribution < 1.29 is 9.90 Å². The number of hydrogen-bond donors (Lipinski definition) is 1. The summed E-state index contributed by atoms with van der Waals surface area (Å²) in [6.45, 7) is 0.359. The van der Waals surface area contributed by atoms with E-state index >= 15 is 0 Å². The molecule has 0 saturated carbocycles. The summed E-state index contributed by atoms with van der Waals surface area (Å²) in [4.78, 5) is 17.7. The number of nitrogens with zero attached hydrogens (tertiary/aromatic N) is 2. The zero-order valence-corrected chi connectivity index (χ0v) is 12.8. The molecule has 1 amide bonds. The molecule has 0 spiro atoms. The standard InChI is InChI=1S/C15H14Cl2N2O2/c1-19(9-10-3-2-4-18-8-10)15(21)14(20)11-5-12(16)7-13(17)6-11/h2-8,14,20H,9H2,1H3. The summed E-state index contributed by atoms with van der Waals surface area (Å²) in [6.07, 6.45) is 2.03. The van der Waals surface area contributed by atoms with Gasteiger partial charge in [-0.05, 0) is 35.4 Å². The zero-order chi connectivity index (χ0) is 15.4. The normalized spacial score (nSPS) is 12.0. The Balaban J connectivity index is 2.11. The number of benzene rings is 1. The SMILES string of the molecule is CN(Cc1cccnc1)C(=O)C(O)c1cc(Cl)cc(Cl)c1. The van der Waals surface area contributed by atoms with Crippen LogP contribution in [0.15, 0.2) is 42.7 Å². The number of carbonyl (C=O) groups excluding carboxylic acids is 1. The van der Waals surface area contributed by atoms with Crippen LogP contribution in [0, 0.1) is 0 Å². The fourth-order valence-corrected chi connectivity index (χ4v) is 2.47. The number of aromatic nitrogens is 1. The van der Waals surface area contributed by atoms with E-state index in [1.807, 2.05) is 6.07 Å². The Hall–Kier alpha value is -1.62. The van der Waals surface area contributed by atoms with E-state index < -0.39 is 12.0 Å². The predicted octanol–water partition coefficient (Wildman–Crippen LogP) is 3.08. The third-order valence-electron chi connectivity index (χ3n) is 2.95. The molecule has 4 nitrogen and oxygen atoms in total. The number of amides is 1. The van der Waals surface area contributed by atoms with Crippen LogP contribution in [0.5, 0.6) is 0 Å². The quantitative estimate of drug-likeness (QED) is 0.940. The molecule has 1 aromatic carbocycles. The van der Waals surface area contributed by atoms with Gasteiger partial charge in [0.25, 0.3) is 5.91 Å². The van der Waals surface area contributed by atoms with Gasteiger partial charge >= 0.3 is 0 Å². The lowest BCUT2D eigenvalue weighted by molar-refractivity contribution is -0.139. The van der Waals surface area contributed by atoms with Gasteiger partial charge < -0.3 is 10.0 Å². The molecule has 110 valence electrons. The number of aliphatic hydroxyl groups is 1. The summed E-state index contributed by atoms with van der Waals surface area (Å²) in [5.74, 6) is -0.433. The maximum Gasteiger partial charge on any atom is 0.256 e. The van der Waals surface area contributed by atoms with Crippen molar-refractivity contribution in [3.05, 3.63) is 63.9 Å². The minimum Gasteiger partial charge on any atom is -0.378 e. The van der Waals surface area contributed by atoms with E-state index in [-0.39, 0.29) is 0 Å². The average Bonchev–Trinajstić information content (AvgIpc) is 2.45. The maximum absolute atomic E-state index is 12.2. The van der Waals surface area contributed by atoms with Crippen molar-refractivity contribution in [2.24, 2.45) is 0 Å². The van der Waals surface area contributed by atoms with Crippen molar-refractivity contribution in [2.45, 2.75) is 12.6 Å². The number of likely N-dealkylation sites (N-methyl/N-ethyl adjacent to an activating group) is 1. The second-order valence-electron chi connectivity index (χ2n) is 4.66. The molecule has 1 unspecified atom stereocenters. The van der Waals surface area contributed by atoms with Gasteiger partial charge in [-0.3, -0.25) is 9.78 Å². The number of halogens is 2. The van der Waals surface area contributed by atoms with Crippen LogP contribution in [0.25, 0.3) is 0 Å². The van der Waals surface area contributed by atoms with Crippen LogP contribution in [-0.2, 0) is 11.3 Å². The molecule has 0 fully saturated rings. The summed E-state index contributed by atoms with van der Waals surface area (Å²) >= 11 is 11.8. The number of carbonyl (C=O) groups is 1. The Morgan fingerprint density at radius 3 is 2.57 bits per heavy atom. The van der Waals surface area contributed by atoms with Crippen molar-refractivity contribution in [3.8, 4) is 0 Å². The molecular weight excluding hydrogens is 311 g/mol. The Morgan fingerprint density at radius 2 is 2.00 bits per heavy atom. The van der Waals surface area contributed by atoms with Gasteiger partial charge in [-0.2, -0.15) is 0 Å². The van der Waals surface area contributed by atoms with Gasteiger partial charge in [0.15, 0.2) is 6.10 Å². The van der Waals surface area contributed by atoms with Crippen molar-refractivity contribution >= 4 is 29.1 Å². The maximum atomic E-state index is 12.2. The summed E-state index contributed by atoms with van der Waals surface area (Å²) < 4.78 is 0. The molecule has 0 bridgehead atoms. The van der Waals surface area contributed by atoms with E-state index in [0.29, 0.717) is 22.2 Å². The minimum atomic E-state index is -1.30. The Kier molecular flexibility index (Phi) is 5.17. The molecule has 1 heterocycles. The molecule has 1 atom stereocenters. The molecule has 1 aromatic heterocycles. The fourth-order valence-electron chi connectivity index (χ4n) is 1.93. The van der Waals surface area contributed by atoms with Crippen molar-refractivity contribution in [2.75, 3.05) is 7.05 Å². The molecule has 2 rings (SSSR count). The Bertz CT molecular complexity index is 615. The lowest BCUT2D eigenvalue weighted by Crippen LogP contribution is -2.31. The molecule has 0 aliphatic heterocycles. The van der Waals surface area contributed by atoms with Crippen LogP contribution in [-0.4, -0.2) is 27.9 Å². The van der Waals surface area contributed by atoms with Crippen LogP contribution < -0.4 is 0 Å². The Labute approximate surface area is 132 Å². The van der Waals surface area contributed by atoms with Gasteiger partial charge in [0.1, 0.15) is 0 Å². The summed E-state index contributed by atoms with van der Waals surface area (Å²) in [6, 6.07) is 8.24. The van der Waals surface area contributed by atoms with Gasteiger partial charge in [0.05, 0.1) is 0 Å². The monoisotopic (exact) mass is 324 g/mol. The van der Waals surface area contributed by atoms with E-state index in [2.05, 4.69) is 4.98 Å². The lowest BCUT2D eigenvalue weighted by Gasteiger charge is -2.21. The highest BCUT2D eigenvalue weighted by Crippen LogP contribution is 2.24. The third kappa shape index (κ3) is 4.17. The molecule has 6 heteroatoms. The first-order valence-electron chi connectivity index (χ1n) is 6.25. The molecular formula is C15H14Cl2N2O2. The van der Waals surface area contributed by atoms with Gasteiger partial charge in [-0.25, -0.2) is 0 Å². The van der Waals surface area contributed by atoms with Gasteiger partial charge in [0, 0.05) is 36.0 Å². The first-order valence-corrected chi connectivity index (χ1v) is 7.01. The van der Waals surface area contributed by atoms with Crippen LogP contribution in [0.3, 0.4) is 0 Å². The van der Waals surface area contributed by atoms with E-state index in [1.165, 1.54) is 17.0 Å². The van der Waals surface area contributed by atoms with Crippen LogP contribution in [0.1, 0.15) is 17.2 Å². The highest BCUT2D eigenvalue weighted by Gasteiger charge is 2.22. The largest absolute Gasteiger partial charge is 0.378 e. The molecule has 0 aliphatic rings. The summed E-state index contributed by atoms with van der Waals surface area (Å²) in [7, 11) is 1.62. The molecule has 0 aliphatic carbocycles. The molecule has 0 radical (unpaired) electrons. The van der Waals surface area contributed by atoms with Crippen LogP contribution in [0.2, 0.25) is 10.0 Å². The van der Waals surface area contributed by atoms with E-state index in [0.717, 1.165) is 5.56 Å². The molecule has 0 saturated heterocycles. The average molecular weight is 325 g/mol. The smallest absolute Gasteiger partial charge is 0.256 e. The van der Waals surface area contributed by atoms with Crippen molar-refractivity contribution in [1.29, 1.82) is 0 Å². The highest BCUT2D eigenvalue weighted by molar-refractivity contribution is 6.34. The number of hydrogen-bond acceptors (Lipinski definition) is 3. The second-order valence-corrected chi connectivity index (χ2v) is 5.53. The van der Waals surface area contributed by atoms with Crippen LogP contribution >= 0.6 is 23.2 Å². The van der Waals surface area contributed by atoms with E-state index in [1.54, 1.807) is 31.6 Å². The van der Waals surface area contributed by atoms with Crippen molar-refractivity contribution in [3.63, 3.8) is 0 Å². The first-order chi connectivity index (χ1) is 9.97. The van der Waals surface area contributed by atoms with Gasteiger partial charge in [-0.1, -0.05) is 29.3 Å². The Morgan fingerprint density at radius 1 is 1.33 bits per heavy atom. The van der Waals surface area contributed by atoms with Crippen LogP contribution in [0.4, 0.5) is 0 Å². The van der Waals surface area contributed by atoms with Crippen molar-refractivity contribution in [1.82, 2.24) is 9.88 Å². The lowest BCUT2D eigenvalue weighted by atomic mass is 10.1. The van der Waals surface area contributed by atoms with E-state index in [9.17, 15) is 9.90 Å². The highest BCUT2D eigenvalue weighted by atomic mass is 35.5. The fraction of sp³-hybridized carbons (Fsp3) is 0.200. The number of pyridine rings is 1. The molecule has 2 aromatic rings. The second kappa shape index (κ2) is 6.89. The van der Waals surface area contributed by atoms with Gasteiger partial charge in [-0.15, -0.1) is 0 Å². The zero-order valence-electron chi connectivity index (χ0n) is 11.3. The molecule has 21 heavy (non-hydrogen) atoms. The number of rotatable bonds is 4. The summed E-state index contributed by atoms with van der Waals surface area (Å²) in [5, 5.41) is 10.9. The number of aliphatic hydroxyl groups excluding tert-OH is 1. The van der Waals surface area contributed by atoms with Gasteiger partial charge in [0.2, 0.25) is 0 Å². The predicted molar refractivity (Wildman–Crippen MR) is 82.1 cm³/mol. The molecule has 1 N–H and O–H groups in total.